The summed E-state index contributed by atoms with van der Waals surface area (Å²) in [5, 5.41) is 2.93. The monoisotopic (exact) mass is 340 g/mol. The van der Waals surface area contributed by atoms with E-state index in [0.29, 0.717) is 22.2 Å². The molecular weight excluding hydrogens is 324 g/mol. The summed E-state index contributed by atoms with van der Waals surface area (Å²) in [6.45, 7) is 0.0639. The Bertz CT molecular complexity index is 631. The number of nitrogens with zero attached hydrogens (tertiary/aromatic N) is 1. The minimum absolute atomic E-state index is 0.00214. The molecule has 1 aromatic rings. The minimum atomic E-state index is -0.355. The second-order valence-electron chi connectivity index (χ2n) is 4.92. The maximum Gasteiger partial charge on any atom is 0.229 e. The number of amides is 3. The number of imide groups is 1. The van der Waals surface area contributed by atoms with Gasteiger partial charge in [0.2, 0.25) is 17.7 Å². The van der Waals surface area contributed by atoms with Crippen LogP contribution < -0.4 is 14.8 Å². The first-order chi connectivity index (χ1) is 11.0. The van der Waals surface area contributed by atoms with Gasteiger partial charge in [-0.15, -0.1) is 0 Å². The molecule has 1 saturated heterocycles. The van der Waals surface area contributed by atoms with Crippen LogP contribution in [0.25, 0.3) is 0 Å². The lowest BCUT2D eigenvalue weighted by atomic mass is 10.2. The first-order valence-electron chi connectivity index (χ1n) is 7.00. The Hall–Kier alpha value is -2.28. The SMILES string of the molecule is COc1cc(Cl)c(NC(=O)CCN2C(=O)CCC2=O)cc1OC. The number of rotatable bonds is 6. The third-order valence-electron chi connectivity index (χ3n) is 3.46. The maximum atomic E-state index is 12.0. The number of hydrogen-bond donors (Lipinski definition) is 1. The second-order valence-corrected chi connectivity index (χ2v) is 5.33. The van der Waals surface area contributed by atoms with E-state index in [9.17, 15) is 14.4 Å². The van der Waals surface area contributed by atoms with Crippen molar-refractivity contribution >= 4 is 35.0 Å². The molecular formula is C15H17ClN2O5. The molecule has 0 spiro atoms. The molecule has 7 nitrogen and oxygen atoms in total. The van der Waals surface area contributed by atoms with Crippen LogP contribution in [0.3, 0.4) is 0 Å². The smallest absolute Gasteiger partial charge is 0.229 e. The highest BCUT2D eigenvalue weighted by molar-refractivity contribution is 6.34. The van der Waals surface area contributed by atoms with E-state index in [2.05, 4.69) is 5.32 Å². The third kappa shape index (κ3) is 3.92. The molecule has 1 fully saturated rings. The third-order valence-corrected chi connectivity index (χ3v) is 3.78. The van der Waals surface area contributed by atoms with Crippen LogP contribution in [0.4, 0.5) is 5.69 Å². The lowest BCUT2D eigenvalue weighted by Crippen LogP contribution is -2.32. The number of ether oxygens (including phenoxy) is 2. The van der Waals surface area contributed by atoms with Gasteiger partial charge in [-0.2, -0.15) is 0 Å². The largest absolute Gasteiger partial charge is 0.493 e. The Balaban J connectivity index is 2.00. The summed E-state index contributed by atoms with van der Waals surface area (Å²) in [7, 11) is 2.96. The number of benzene rings is 1. The predicted molar refractivity (Wildman–Crippen MR) is 83.8 cm³/mol. The number of carbonyl (C=O) groups is 3. The Morgan fingerprint density at radius 1 is 1.17 bits per heavy atom. The molecule has 23 heavy (non-hydrogen) atoms. The fraction of sp³-hybridized carbons (Fsp3) is 0.400. The van der Waals surface area contributed by atoms with Crippen molar-refractivity contribution in [3.05, 3.63) is 17.2 Å². The van der Waals surface area contributed by atoms with Gasteiger partial charge in [-0.05, 0) is 0 Å². The van der Waals surface area contributed by atoms with E-state index < -0.39 is 0 Å². The van der Waals surface area contributed by atoms with Gasteiger partial charge in [-0.3, -0.25) is 19.3 Å². The van der Waals surface area contributed by atoms with Gasteiger partial charge in [-0.25, -0.2) is 0 Å². The van der Waals surface area contributed by atoms with Crippen molar-refractivity contribution in [2.24, 2.45) is 0 Å². The molecule has 0 aromatic heterocycles. The van der Waals surface area contributed by atoms with Crippen LogP contribution in [-0.4, -0.2) is 43.4 Å². The van der Waals surface area contributed by atoms with Crippen molar-refractivity contribution in [2.45, 2.75) is 19.3 Å². The standard InChI is InChI=1S/C15H17ClN2O5/c1-22-11-7-9(16)10(8-12(11)23-2)17-13(19)5-6-18-14(20)3-4-15(18)21/h7-8H,3-6H2,1-2H3,(H,17,19). The van der Waals surface area contributed by atoms with E-state index in [0.717, 1.165) is 4.90 Å². The normalized spacial score (nSPS) is 14.1. The van der Waals surface area contributed by atoms with Gasteiger partial charge in [0.1, 0.15) is 0 Å². The van der Waals surface area contributed by atoms with Gasteiger partial charge in [-0.1, -0.05) is 11.6 Å². The fourth-order valence-electron chi connectivity index (χ4n) is 2.25. The van der Waals surface area contributed by atoms with E-state index in [4.69, 9.17) is 21.1 Å². The molecule has 0 saturated carbocycles. The lowest BCUT2D eigenvalue weighted by molar-refractivity contribution is -0.138. The fourth-order valence-corrected chi connectivity index (χ4v) is 2.45. The van der Waals surface area contributed by atoms with Crippen LogP contribution in [0.1, 0.15) is 19.3 Å². The molecule has 1 aromatic carbocycles. The Morgan fingerprint density at radius 3 is 2.30 bits per heavy atom. The summed E-state index contributed by atoms with van der Waals surface area (Å²) in [6.07, 6.45) is 0.423. The highest BCUT2D eigenvalue weighted by Gasteiger charge is 2.28. The van der Waals surface area contributed by atoms with Crippen LogP contribution in [-0.2, 0) is 14.4 Å². The molecule has 0 radical (unpaired) electrons. The molecule has 0 aliphatic carbocycles. The maximum absolute atomic E-state index is 12.0. The number of hydrogen-bond acceptors (Lipinski definition) is 5. The summed E-state index contributed by atoms with van der Waals surface area (Å²) >= 11 is 6.09. The molecule has 2 rings (SSSR count). The van der Waals surface area contributed by atoms with Gasteiger partial charge < -0.3 is 14.8 Å². The molecule has 3 amide bonds. The van der Waals surface area contributed by atoms with Crippen molar-refractivity contribution in [1.29, 1.82) is 0 Å². The number of carbonyl (C=O) groups excluding carboxylic acids is 3. The molecule has 0 unspecified atom stereocenters. The average Bonchev–Trinajstić information content (AvgIpc) is 2.85. The molecule has 124 valence electrons. The predicted octanol–water partition coefficient (Wildman–Crippen LogP) is 1.83. The Labute approximate surface area is 138 Å². The first-order valence-corrected chi connectivity index (χ1v) is 7.38. The first kappa shape index (κ1) is 17.1. The van der Waals surface area contributed by atoms with E-state index in [1.54, 1.807) is 6.07 Å². The zero-order chi connectivity index (χ0) is 17.0. The Morgan fingerprint density at radius 2 is 1.74 bits per heavy atom. The van der Waals surface area contributed by atoms with Gasteiger partial charge in [0, 0.05) is 37.9 Å². The zero-order valence-electron chi connectivity index (χ0n) is 12.8. The van der Waals surface area contributed by atoms with Gasteiger partial charge in [0.15, 0.2) is 11.5 Å². The van der Waals surface area contributed by atoms with Crippen LogP contribution >= 0.6 is 11.6 Å². The summed E-state index contributed by atoms with van der Waals surface area (Å²) in [5.41, 5.74) is 0.369. The van der Waals surface area contributed by atoms with Crippen LogP contribution in [0.2, 0.25) is 5.02 Å². The van der Waals surface area contributed by atoms with Crippen LogP contribution in [0.5, 0.6) is 11.5 Å². The summed E-state index contributed by atoms with van der Waals surface area (Å²) in [6, 6.07) is 3.08. The number of halogens is 1. The van der Waals surface area contributed by atoms with E-state index >= 15 is 0 Å². The van der Waals surface area contributed by atoms with E-state index in [-0.39, 0.29) is 43.5 Å². The molecule has 0 atom stereocenters. The lowest BCUT2D eigenvalue weighted by Gasteiger charge is -2.15. The van der Waals surface area contributed by atoms with Gasteiger partial charge >= 0.3 is 0 Å². The quantitative estimate of drug-likeness (QED) is 0.799. The van der Waals surface area contributed by atoms with Crippen molar-refractivity contribution in [1.82, 2.24) is 4.90 Å². The van der Waals surface area contributed by atoms with Crippen molar-refractivity contribution in [3.8, 4) is 11.5 Å². The van der Waals surface area contributed by atoms with Crippen LogP contribution in [0, 0.1) is 0 Å². The van der Waals surface area contributed by atoms with Crippen molar-refractivity contribution in [3.63, 3.8) is 0 Å². The Kier molecular flexibility index (Phi) is 5.44. The molecule has 1 heterocycles. The number of likely N-dealkylation sites (tertiary alicyclic amines) is 1. The molecule has 8 heteroatoms. The minimum Gasteiger partial charge on any atom is -0.493 e. The van der Waals surface area contributed by atoms with E-state index in [1.807, 2.05) is 0 Å². The highest BCUT2D eigenvalue weighted by Crippen LogP contribution is 2.36. The highest BCUT2D eigenvalue weighted by atomic mass is 35.5. The topological polar surface area (TPSA) is 84.9 Å². The summed E-state index contributed by atoms with van der Waals surface area (Å²) in [5.74, 6) is 0.0337. The van der Waals surface area contributed by atoms with Crippen molar-refractivity contribution in [2.75, 3.05) is 26.1 Å². The van der Waals surface area contributed by atoms with Crippen molar-refractivity contribution < 1.29 is 23.9 Å². The average molecular weight is 341 g/mol. The van der Waals surface area contributed by atoms with Gasteiger partial charge in [0.05, 0.1) is 24.9 Å². The number of methoxy groups -OCH3 is 2. The zero-order valence-corrected chi connectivity index (χ0v) is 13.6. The number of anilines is 1. The number of nitrogens with one attached hydrogen (secondary N) is 1. The molecule has 1 aliphatic rings. The summed E-state index contributed by atoms with van der Waals surface area (Å²) in [4.78, 5) is 36.1. The second kappa shape index (κ2) is 7.32. The van der Waals surface area contributed by atoms with E-state index in [1.165, 1.54) is 20.3 Å². The summed E-state index contributed by atoms with van der Waals surface area (Å²) < 4.78 is 10.3. The van der Waals surface area contributed by atoms with Gasteiger partial charge in [0.25, 0.3) is 0 Å². The molecule has 1 aliphatic heterocycles. The van der Waals surface area contributed by atoms with Crippen LogP contribution in [0.15, 0.2) is 12.1 Å². The molecule has 1 N–H and O–H groups in total. The molecule has 0 bridgehead atoms.